The van der Waals surface area contributed by atoms with Crippen LogP contribution in [0.25, 0.3) is 66.1 Å². The number of nitrogens with zero attached hydrogens (tertiary/aromatic N) is 1. The summed E-state index contributed by atoms with van der Waals surface area (Å²) in [5.74, 6) is 0. The third kappa shape index (κ3) is 5.96. The average Bonchev–Trinajstić information content (AvgIpc) is 3.28. The van der Waals surface area contributed by atoms with Gasteiger partial charge in [-0.05, 0) is 102 Å². The number of rotatable bonds is 7. The lowest BCUT2D eigenvalue weighted by molar-refractivity contribution is 1.28. The maximum absolute atomic E-state index is 9.77. The Morgan fingerprint density at radius 1 is 0.314 bits per heavy atom. The van der Waals surface area contributed by atoms with Gasteiger partial charge in [0.15, 0.2) is 0 Å². The van der Waals surface area contributed by atoms with Crippen LogP contribution in [-0.4, -0.2) is 0 Å². The second-order valence-electron chi connectivity index (χ2n) is 12.3. The molecule has 0 radical (unpaired) electrons. The van der Waals surface area contributed by atoms with Crippen molar-refractivity contribution in [2.24, 2.45) is 0 Å². The van der Waals surface area contributed by atoms with Crippen LogP contribution in [0.15, 0.2) is 212 Å². The molecule has 0 aliphatic rings. The first-order chi connectivity index (χ1) is 28.6. The van der Waals surface area contributed by atoms with Crippen LogP contribution in [0.3, 0.4) is 0 Å². The van der Waals surface area contributed by atoms with Crippen LogP contribution in [0.4, 0.5) is 17.1 Å². The number of fused-ring (bicyclic) bond motifs is 2. The Balaban J connectivity index is 1.28. The van der Waals surface area contributed by atoms with Crippen molar-refractivity contribution in [3.05, 3.63) is 212 Å². The largest absolute Gasteiger partial charge is 0.310 e. The zero-order chi connectivity index (χ0) is 40.9. The monoisotopic (exact) mass is 657 g/mol. The smallest absolute Gasteiger partial charge is 0.0651 e. The molecule has 0 spiro atoms. The molecule has 9 rings (SSSR count). The van der Waals surface area contributed by atoms with Gasteiger partial charge in [-0.1, -0.05) is 176 Å². The molecular weight excluding hydrogens is 615 g/mol. The highest BCUT2D eigenvalue weighted by Gasteiger charge is 2.15. The highest BCUT2D eigenvalue weighted by Crippen LogP contribution is 2.40. The molecule has 0 unspecified atom stereocenters. The molecule has 0 saturated carbocycles. The van der Waals surface area contributed by atoms with Crippen molar-refractivity contribution in [2.45, 2.75) is 0 Å². The van der Waals surface area contributed by atoms with E-state index in [1.54, 1.807) is 30.3 Å². The van der Waals surface area contributed by atoms with Gasteiger partial charge in [0.05, 0.1) is 11.0 Å². The number of hydrogen-bond donors (Lipinski definition) is 0. The van der Waals surface area contributed by atoms with E-state index in [1.165, 1.54) is 4.90 Å². The third-order valence-electron chi connectivity index (χ3n) is 9.24. The average molecular weight is 658 g/mol. The molecule has 0 fully saturated rings. The second-order valence-corrected chi connectivity index (χ2v) is 12.3. The topological polar surface area (TPSA) is 3.24 Å². The summed E-state index contributed by atoms with van der Waals surface area (Å²) >= 11 is 0. The molecule has 0 aromatic heterocycles. The first-order valence-corrected chi connectivity index (χ1v) is 16.9. The maximum atomic E-state index is 9.77. The first-order valence-electron chi connectivity index (χ1n) is 20.9. The Kier molecular flexibility index (Phi) is 5.96. The van der Waals surface area contributed by atoms with Crippen molar-refractivity contribution < 1.29 is 11.0 Å². The van der Waals surface area contributed by atoms with E-state index in [2.05, 4.69) is 6.07 Å². The molecule has 0 saturated heterocycles. The fourth-order valence-electron chi connectivity index (χ4n) is 6.68. The Hall–Kier alpha value is -6.70. The van der Waals surface area contributed by atoms with Crippen LogP contribution in [0.2, 0.25) is 0 Å². The molecule has 51 heavy (non-hydrogen) atoms. The zero-order valence-electron chi connectivity index (χ0n) is 35.5. The summed E-state index contributed by atoms with van der Waals surface area (Å²) in [4.78, 5) is 1.40. The van der Waals surface area contributed by atoms with Gasteiger partial charge < -0.3 is 4.90 Å². The van der Waals surface area contributed by atoms with E-state index in [0.717, 1.165) is 43.8 Å². The quantitative estimate of drug-likeness (QED) is 0.165. The molecule has 0 aliphatic heterocycles. The molecule has 0 amide bonds. The summed E-state index contributed by atoms with van der Waals surface area (Å²) in [5.41, 5.74) is 5.15. The summed E-state index contributed by atoms with van der Waals surface area (Å²) in [6.45, 7) is 0. The van der Waals surface area contributed by atoms with Gasteiger partial charge in [-0.25, -0.2) is 0 Å². The van der Waals surface area contributed by atoms with Crippen molar-refractivity contribution in [1.82, 2.24) is 0 Å². The van der Waals surface area contributed by atoms with Gasteiger partial charge >= 0.3 is 0 Å². The van der Waals surface area contributed by atoms with Crippen molar-refractivity contribution >= 4 is 38.6 Å². The SMILES string of the molecule is [2H]c1c([2H])c(-c2cccc3ccccc23)c([2H])c(N(c2ccc(-c3cccc4ccccc34)cc2)c2c([2H])c([2H])c(-c3ccc(-c4ccccc4)cc3)c([2H])c2[2H])c1[2H]. The van der Waals surface area contributed by atoms with E-state index >= 15 is 0 Å². The second kappa shape index (κ2) is 13.3. The van der Waals surface area contributed by atoms with Crippen molar-refractivity contribution in [2.75, 3.05) is 4.90 Å². The molecule has 9 aromatic rings. The molecule has 240 valence electrons. The van der Waals surface area contributed by atoms with Crippen molar-refractivity contribution in [3.8, 4) is 44.5 Å². The van der Waals surface area contributed by atoms with Gasteiger partial charge in [0.1, 0.15) is 0 Å². The Morgan fingerprint density at radius 3 is 1.47 bits per heavy atom. The van der Waals surface area contributed by atoms with Crippen LogP contribution in [0, 0.1) is 0 Å². The lowest BCUT2D eigenvalue weighted by atomic mass is 9.97. The summed E-state index contributed by atoms with van der Waals surface area (Å²) < 4.78 is 75.0. The predicted octanol–water partition coefficient (Wildman–Crippen LogP) is 14.1. The fourth-order valence-corrected chi connectivity index (χ4v) is 6.68. The number of benzene rings is 9. The standard InChI is InChI=1S/C50H35N/c1-2-11-36(12-3-1)37-23-25-38(26-24-37)39-27-31-44(32-28-39)51(45-33-29-42(30-34-45)49-21-9-15-40-13-4-6-19-47(40)49)46-18-8-17-43(35-46)50-22-10-16-41-14-5-7-20-48(41)50/h1-35H/i8D,17D,18D,27D,28D,31D,32D,35D. The molecule has 1 nitrogen and oxygen atoms in total. The molecule has 0 N–H and O–H groups in total. The lowest BCUT2D eigenvalue weighted by Crippen LogP contribution is -2.10. The molecular formula is C50H35N. The van der Waals surface area contributed by atoms with Crippen molar-refractivity contribution in [1.29, 1.82) is 0 Å². The van der Waals surface area contributed by atoms with Crippen molar-refractivity contribution in [3.63, 3.8) is 0 Å². The summed E-state index contributed by atoms with van der Waals surface area (Å²) in [5, 5.41) is 3.77. The highest BCUT2D eigenvalue weighted by molar-refractivity contribution is 5.98. The van der Waals surface area contributed by atoms with Crippen LogP contribution in [0.5, 0.6) is 0 Å². The molecule has 0 bridgehead atoms. The van der Waals surface area contributed by atoms with Gasteiger partial charge in [0, 0.05) is 17.1 Å². The van der Waals surface area contributed by atoms with Gasteiger partial charge in [0.2, 0.25) is 0 Å². The van der Waals surface area contributed by atoms with Crippen LogP contribution < -0.4 is 4.90 Å². The first kappa shape index (κ1) is 22.8. The minimum Gasteiger partial charge on any atom is -0.310 e. The Morgan fingerprint density at radius 2 is 0.824 bits per heavy atom. The zero-order valence-corrected chi connectivity index (χ0v) is 27.5. The highest BCUT2D eigenvalue weighted by atomic mass is 15.1. The van der Waals surface area contributed by atoms with Gasteiger partial charge in [-0.3, -0.25) is 0 Å². The maximum Gasteiger partial charge on any atom is 0.0651 e. The normalized spacial score (nSPS) is 13.3. The van der Waals surface area contributed by atoms with Crippen LogP contribution >= 0.6 is 0 Å². The third-order valence-corrected chi connectivity index (χ3v) is 9.24. The summed E-state index contributed by atoms with van der Waals surface area (Å²) in [6, 6.07) is 49.0. The lowest BCUT2D eigenvalue weighted by Gasteiger charge is -2.26. The van der Waals surface area contributed by atoms with E-state index in [0.29, 0.717) is 16.8 Å². The molecule has 9 aromatic carbocycles. The summed E-state index contributed by atoms with van der Waals surface area (Å²) in [7, 11) is 0. The van der Waals surface area contributed by atoms with E-state index in [9.17, 15) is 8.22 Å². The van der Waals surface area contributed by atoms with E-state index < -0.39 is 12.1 Å². The van der Waals surface area contributed by atoms with Gasteiger partial charge in [-0.2, -0.15) is 0 Å². The number of hydrogen-bond acceptors (Lipinski definition) is 1. The molecule has 0 atom stereocenters. The Labute approximate surface area is 310 Å². The minimum atomic E-state index is -0.445. The Bertz CT molecular complexity index is 3030. The summed E-state index contributed by atoms with van der Waals surface area (Å²) in [6.07, 6.45) is 0. The van der Waals surface area contributed by atoms with Gasteiger partial charge in [0.25, 0.3) is 0 Å². The van der Waals surface area contributed by atoms with Crippen LogP contribution in [-0.2, 0) is 0 Å². The van der Waals surface area contributed by atoms with Crippen LogP contribution in [0.1, 0.15) is 11.0 Å². The van der Waals surface area contributed by atoms with E-state index in [-0.39, 0.29) is 58.8 Å². The molecule has 1 heteroatoms. The van der Waals surface area contributed by atoms with E-state index in [1.807, 2.05) is 127 Å². The van der Waals surface area contributed by atoms with E-state index in [4.69, 9.17) is 2.74 Å². The molecule has 0 aliphatic carbocycles. The fraction of sp³-hybridized carbons (Fsp3) is 0. The molecule has 0 heterocycles. The minimum absolute atomic E-state index is 0.117. The van der Waals surface area contributed by atoms with Gasteiger partial charge in [-0.15, -0.1) is 0 Å². The number of anilines is 3. The predicted molar refractivity (Wildman–Crippen MR) is 218 cm³/mol.